The Bertz CT molecular complexity index is 1320. The molecule has 37 heavy (non-hydrogen) atoms. The molecule has 2 aromatic heterocycles. The van der Waals surface area contributed by atoms with Crippen molar-refractivity contribution in [1.29, 1.82) is 0 Å². The number of nitrogens with one attached hydrogen (secondary N) is 2. The van der Waals surface area contributed by atoms with Gasteiger partial charge in [0.1, 0.15) is 5.00 Å². The van der Waals surface area contributed by atoms with Crippen LogP contribution in [0, 0.1) is 6.92 Å². The molecule has 1 aliphatic rings. The number of benzene rings is 1. The highest BCUT2D eigenvalue weighted by Crippen LogP contribution is 2.39. The number of anilines is 1. The number of aryl methyl sites for hydroxylation is 2. The van der Waals surface area contributed by atoms with Crippen molar-refractivity contribution in [3.63, 3.8) is 0 Å². The number of carbonyl (C=O) groups is 3. The minimum atomic E-state index is -0.494. The Kier molecular flexibility index (Phi) is 8.65. The Hall–Kier alpha value is -3.18. The van der Waals surface area contributed by atoms with Crippen LogP contribution in [0.4, 0.5) is 5.00 Å². The first-order valence-electron chi connectivity index (χ1n) is 12.3. The second-order valence-electron chi connectivity index (χ2n) is 8.89. The topological polar surface area (TPSA) is 115 Å². The van der Waals surface area contributed by atoms with Crippen molar-refractivity contribution < 1.29 is 19.1 Å². The van der Waals surface area contributed by atoms with Gasteiger partial charge in [0.25, 0.3) is 5.91 Å². The first kappa shape index (κ1) is 26.9. The minimum Gasteiger partial charge on any atom is -0.462 e. The third kappa shape index (κ3) is 6.22. The molecule has 2 amide bonds. The molecule has 3 aromatic rings. The van der Waals surface area contributed by atoms with E-state index in [0.717, 1.165) is 41.7 Å². The van der Waals surface area contributed by atoms with Gasteiger partial charge in [-0.3, -0.25) is 9.59 Å². The number of hydrogen-bond donors (Lipinski definition) is 2. The summed E-state index contributed by atoms with van der Waals surface area (Å²) < 4.78 is 7.05. The lowest BCUT2D eigenvalue weighted by Gasteiger charge is -2.13. The SMILES string of the molecule is CCOC(=O)c1c(NC(=O)[C@@H](C)Sc2nnc(CNC(=O)c3cccc(C)c3)n2C)sc2c1CCCC2. The Morgan fingerprint density at radius 2 is 2.00 bits per heavy atom. The lowest BCUT2D eigenvalue weighted by molar-refractivity contribution is -0.115. The van der Waals surface area contributed by atoms with Crippen molar-refractivity contribution in [2.45, 2.75) is 63.4 Å². The lowest BCUT2D eigenvalue weighted by atomic mass is 9.95. The molecule has 0 bridgehead atoms. The van der Waals surface area contributed by atoms with E-state index in [0.29, 0.717) is 27.1 Å². The van der Waals surface area contributed by atoms with E-state index in [-0.39, 0.29) is 30.9 Å². The maximum absolute atomic E-state index is 13.1. The van der Waals surface area contributed by atoms with E-state index in [2.05, 4.69) is 20.8 Å². The molecule has 9 nitrogen and oxygen atoms in total. The molecule has 0 radical (unpaired) electrons. The highest BCUT2D eigenvalue weighted by molar-refractivity contribution is 8.00. The molecule has 11 heteroatoms. The maximum Gasteiger partial charge on any atom is 0.341 e. The van der Waals surface area contributed by atoms with E-state index in [1.807, 2.05) is 25.1 Å². The van der Waals surface area contributed by atoms with Crippen molar-refractivity contribution in [3.8, 4) is 0 Å². The van der Waals surface area contributed by atoms with Crippen LogP contribution >= 0.6 is 23.1 Å². The molecule has 0 unspecified atom stereocenters. The third-order valence-electron chi connectivity index (χ3n) is 6.15. The average molecular weight is 542 g/mol. The minimum absolute atomic E-state index is 0.190. The predicted octanol–water partition coefficient (Wildman–Crippen LogP) is 4.29. The molecular weight excluding hydrogens is 510 g/mol. The zero-order valence-electron chi connectivity index (χ0n) is 21.4. The molecule has 0 aliphatic heterocycles. The second kappa shape index (κ2) is 11.9. The summed E-state index contributed by atoms with van der Waals surface area (Å²) in [6.45, 7) is 5.98. The molecule has 1 aromatic carbocycles. The fraction of sp³-hybridized carbons (Fsp3) is 0.423. The van der Waals surface area contributed by atoms with E-state index in [9.17, 15) is 14.4 Å². The van der Waals surface area contributed by atoms with E-state index >= 15 is 0 Å². The third-order valence-corrected chi connectivity index (χ3v) is 8.49. The molecule has 2 heterocycles. The fourth-order valence-corrected chi connectivity index (χ4v) is 6.26. The van der Waals surface area contributed by atoms with Crippen LogP contribution < -0.4 is 10.6 Å². The van der Waals surface area contributed by atoms with E-state index in [1.54, 1.807) is 31.5 Å². The van der Waals surface area contributed by atoms with Gasteiger partial charge in [0, 0.05) is 17.5 Å². The van der Waals surface area contributed by atoms with E-state index in [4.69, 9.17) is 4.74 Å². The van der Waals surface area contributed by atoms with Gasteiger partial charge in [0.2, 0.25) is 5.91 Å². The van der Waals surface area contributed by atoms with Gasteiger partial charge in [0.15, 0.2) is 11.0 Å². The van der Waals surface area contributed by atoms with Crippen molar-refractivity contribution in [2.75, 3.05) is 11.9 Å². The maximum atomic E-state index is 13.1. The second-order valence-corrected chi connectivity index (χ2v) is 11.3. The van der Waals surface area contributed by atoms with Crippen LogP contribution in [0.5, 0.6) is 0 Å². The molecular formula is C26H31N5O4S2. The number of rotatable bonds is 9. The number of hydrogen-bond acceptors (Lipinski definition) is 8. The van der Waals surface area contributed by atoms with Gasteiger partial charge in [-0.05, 0) is 64.2 Å². The van der Waals surface area contributed by atoms with Crippen molar-refractivity contribution >= 4 is 45.9 Å². The smallest absolute Gasteiger partial charge is 0.341 e. The number of thiophene rings is 1. The molecule has 0 fully saturated rings. The van der Waals surface area contributed by atoms with Crippen LogP contribution in [0.15, 0.2) is 29.4 Å². The summed E-state index contributed by atoms with van der Waals surface area (Å²) in [7, 11) is 1.80. The highest BCUT2D eigenvalue weighted by atomic mass is 32.2. The number of ether oxygens (including phenoxy) is 1. The van der Waals surface area contributed by atoms with E-state index < -0.39 is 5.25 Å². The molecule has 1 aliphatic carbocycles. The summed E-state index contributed by atoms with van der Waals surface area (Å²) in [5, 5.41) is 14.8. The van der Waals surface area contributed by atoms with Gasteiger partial charge in [-0.2, -0.15) is 0 Å². The highest BCUT2D eigenvalue weighted by Gasteiger charge is 2.28. The number of esters is 1. The van der Waals surface area contributed by atoms with Crippen LogP contribution in [-0.2, 0) is 36.0 Å². The summed E-state index contributed by atoms with van der Waals surface area (Å²) >= 11 is 2.73. The van der Waals surface area contributed by atoms with Gasteiger partial charge < -0.3 is 19.9 Å². The van der Waals surface area contributed by atoms with Crippen molar-refractivity contribution in [2.24, 2.45) is 7.05 Å². The molecule has 1 atom stereocenters. The summed E-state index contributed by atoms with van der Waals surface area (Å²) in [6, 6.07) is 7.36. The van der Waals surface area contributed by atoms with Crippen molar-refractivity contribution in [3.05, 3.63) is 57.2 Å². The Morgan fingerprint density at radius 1 is 1.22 bits per heavy atom. The van der Waals surface area contributed by atoms with Gasteiger partial charge in [-0.15, -0.1) is 21.5 Å². The summed E-state index contributed by atoms with van der Waals surface area (Å²) in [4.78, 5) is 39.4. The van der Waals surface area contributed by atoms with Crippen LogP contribution in [0.3, 0.4) is 0 Å². The van der Waals surface area contributed by atoms with Crippen LogP contribution in [0.2, 0.25) is 0 Å². The van der Waals surface area contributed by atoms with Gasteiger partial charge >= 0.3 is 5.97 Å². The zero-order chi connectivity index (χ0) is 26.5. The average Bonchev–Trinajstić information content (AvgIpc) is 3.42. The molecule has 0 spiro atoms. The number of amides is 2. The van der Waals surface area contributed by atoms with E-state index in [1.165, 1.54) is 23.1 Å². The molecule has 196 valence electrons. The summed E-state index contributed by atoms with van der Waals surface area (Å²) in [5.74, 6) is -0.231. The van der Waals surface area contributed by atoms with Crippen LogP contribution in [0.25, 0.3) is 0 Å². The number of fused-ring (bicyclic) bond motifs is 1. The fourth-order valence-electron chi connectivity index (χ4n) is 4.15. The molecule has 4 rings (SSSR count). The Labute approximate surface area is 224 Å². The lowest BCUT2D eigenvalue weighted by Crippen LogP contribution is -2.25. The first-order chi connectivity index (χ1) is 17.8. The number of nitrogens with zero attached hydrogens (tertiary/aromatic N) is 3. The van der Waals surface area contributed by atoms with Gasteiger partial charge in [-0.1, -0.05) is 29.5 Å². The number of aromatic nitrogens is 3. The monoisotopic (exact) mass is 541 g/mol. The standard InChI is InChI=1S/C26H31N5O4S2/c1-5-35-25(34)21-18-11-6-7-12-19(18)37-24(21)28-22(32)16(3)36-26-30-29-20(31(26)4)14-27-23(33)17-10-8-9-15(2)13-17/h8-10,13,16H,5-7,11-12,14H2,1-4H3,(H,27,33)(H,28,32)/t16-/m1/s1. The largest absolute Gasteiger partial charge is 0.462 e. The van der Waals surface area contributed by atoms with Crippen LogP contribution in [0.1, 0.15) is 69.2 Å². The normalized spacial score (nSPS) is 13.5. The van der Waals surface area contributed by atoms with Crippen LogP contribution in [-0.4, -0.2) is 44.4 Å². The summed E-state index contributed by atoms with van der Waals surface area (Å²) in [6.07, 6.45) is 3.84. The first-order valence-corrected chi connectivity index (χ1v) is 14.0. The molecule has 0 saturated carbocycles. The Morgan fingerprint density at radius 3 is 2.76 bits per heavy atom. The van der Waals surface area contributed by atoms with Gasteiger partial charge in [-0.25, -0.2) is 4.79 Å². The number of carbonyl (C=O) groups excluding carboxylic acids is 3. The number of thioether (sulfide) groups is 1. The molecule has 0 saturated heterocycles. The quantitative estimate of drug-likeness (QED) is 0.307. The predicted molar refractivity (Wildman–Crippen MR) is 144 cm³/mol. The zero-order valence-corrected chi connectivity index (χ0v) is 23.1. The summed E-state index contributed by atoms with van der Waals surface area (Å²) in [5.41, 5.74) is 3.10. The van der Waals surface area contributed by atoms with Crippen molar-refractivity contribution in [1.82, 2.24) is 20.1 Å². The van der Waals surface area contributed by atoms with Gasteiger partial charge in [0.05, 0.1) is 24.0 Å². The Balaban J connectivity index is 1.40. The molecule has 2 N–H and O–H groups in total.